The van der Waals surface area contributed by atoms with Gasteiger partial charge < -0.3 is 10.0 Å². The summed E-state index contributed by atoms with van der Waals surface area (Å²) in [6, 6.07) is 14.3. The average Bonchev–Trinajstić information content (AvgIpc) is 2.74. The van der Waals surface area contributed by atoms with E-state index in [1.807, 2.05) is 30.3 Å². The van der Waals surface area contributed by atoms with Gasteiger partial charge in [0.15, 0.2) is 0 Å². The number of aliphatic hydroxyl groups excluding tert-OH is 1. The molecule has 0 bridgehead atoms. The molecule has 0 radical (unpaired) electrons. The van der Waals surface area contributed by atoms with Crippen LogP contribution in [-0.4, -0.2) is 54.9 Å². The molecule has 3 rings (SSSR count). The molecule has 1 saturated heterocycles. The van der Waals surface area contributed by atoms with Crippen LogP contribution >= 0.6 is 0 Å². The van der Waals surface area contributed by atoms with Gasteiger partial charge in [0.05, 0.1) is 11.5 Å². The first-order valence-electron chi connectivity index (χ1n) is 9.98. The molecule has 29 heavy (non-hydrogen) atoms. The van der Waals surface area contributed by atoms with Crippen molar-refractivity contribution >= 4 is 15.9 Å². The van der Waals surface area contributed by atoms with Crippen molar-refractivity contribution in [3.8, 4) is 0 Å². The molecule has 0 aromatic heterocycles. The topological polar surface area (TPSA) is 77.9 Å². The summed E-state index contributed by atoms with van der Waals surface area (Å²) in [5, 5.41) is 9.44. The molecular formula is C22H28N2O4S. The predicted octanol–water partition coefficient (Wildman–Crippen LogP) is 2.80. The Hall–Kier alpha value is -2.22. The van der Waals surface area contributed by atoms with E-state index in [0.717, 1.165) is 24.8 Å². The van der Waals surface area contributed by atoms with E-state index in [9.17, 15) is 18.3 Å². The van der Waals surface area contributed by atoms with E-state index in [-0.39, 0.29) is 24.0 Å². The van der Waals surface area contributed by atoms with Crippen LogP contribution in [0.2, 0.25) is 0 Å². The molecule has 2 aromatic rings. The van der Waals surface area contributed by atoms with Gasteiger partial charge in [0.2, 0.25) is 10.0 Å². The standard InChI is InChI=1S/C22H28N2O4S/c1-18-10-11-20(29(27,28)24-12-6-3-7-13-24)16-21(18)22(26)23(14-15-25)17-19-8-4-2-5-9-19/h2,4-5,8-11,16,25H,3,6-7,12-15,17H2,1H3. The van der Waals surface area contributed by atoms with Gasteiger partial charge in [0, 0.05) is 31.7 Å². The van der Waals surface area contributed by atoms with Crippen LogP contribution in [0, 0.1) is 6.92 Å². The van der Waals surface area contributed by atoms with Crippen LogP contribution in [0.4, 0.5) is 0 Å². The second-order valence-corrected chi connectivity index (χ2v) is 9.32. The SMILES string of the molecule is Cc1ccc(S(=O)(=O)N2CCCCC2)cc1C(=O)N(CCO)Cc1ccccc1. The summed E-state index contributed by atoms with van der Waals surface area (Å²) in [6.07, 6.45) is 2.76. The summed E-state index contributed by atoms with van der Waals surface area (Å²) < 4.78 is 27.5. The lowest BCUT2D eigenvalue weighted by Crippen LogP contribution is -2.36. The van der Waals surface area contributed by atoms with Crippen molar-refractivity contribution in [2.45, 2.75) is 37.6 Å². The van der Waals surface area contributed by atoms with Crippen LogP contribution < -0.4 is 0 Å². The van der Waals surface area contributed by atoms with E-state index in [1.54, 1.807) is 24.0 Å². The van der Waals surface area contributed by atoms with Gasteiger partial charge in [-0.3, -0.25) is 4.79 Å². The van der Waals surface area contributed by atoms with Crippen molar-refractivity contribution < 1.29 is 18.3 Å². The number of carbonyl (C=O) groups is 1. The van der Waals surface area contributed by atoms with Gasteiger partial charge >= 0.3 is 0 Å². The highest BCUT2D eigenvalue weighted by Crippen LogP contribution is 2.24. The van der Waals surface area contributed by atoms with Gasteiger partial charge in [-0.2, -0.15) is 4.31 Å². The molecular weight excluding hydrogens is 388 g/mol. The van der Waals surface area contributed by atoms with E-state index in [2.05, 4.69) is 0 Å². The Morgan fingerprint density at radius 1 is 1.07 bits per heavy atom. The summed E-state index contributed by atoms with van der Waals surface area (Å²) >= 11 is 0. The second-order valence-electron chi connectivity index (χ2n) is 7.38. The molecule has 1 heterocycles. The molecule has 0 saturated carbocycles. The lowest BCUT2D eigenvalue weighted by molar-refractivity contribution is 0.0707. The van der Waals surface area contributed by atoms with Crippen molar-refractivity contribution in [3.63, 3.8) is 0 Å². The molecule has 0 atom stereocenters. The minimum atomic E-state index is -3.62. The summed E-state index contributed by atoms with van der Waals surface area (Å²) in [6.45, 7) is 3.20. The minimum absolute atomic E-state index is 0.150. The number of hydrogen-bond acceptors (Lipinski definition) is 4. The Kier molecular flexibility index (Phi) is 7.05. The predicted molar refractivity (Wildman–Crippen MR) is 112 cm³/mol. The van der Waals surface area contributed by atoms with Crippen molar-refractivity contribution in [2.75, 3.05) is 26.2 Å². The first-order valence-corrected chi connectivity index (χ1v) is 11.4. The highest BCUT2D eigenvalue weighted by molar-refractivity contribution is 7.89. The van der Waals surface area contributed by atoms with E-state index in [1.165, 1.54) is 10.4 Å². The molecule has 7 heteroatoms. The van der Waals surface area contributed by atoms with E-state index in [4.69, 9.17) is 0 Å². The molecule has 0 spiro atoms. The molecule has 0 aliphatic carbocycles. The number of hydrogen-bond donors (Lipinski definition) is 1. The third-order valence-electron chi connectivity index (χ3n) is 5.27. The van der Waals surface area contributed by atoms with Gasteiger partial charge in [-0.05, 0) is 43.0 Å². The normalized spacial score (nSPS) is 15.2. The molecule has 6 nitrogen and oxygen atoms in total. The van der Waals surface area contributed by atoms with Crippen molar-refractivity contribution in [1.82, 2.24) is 9.21 Å². The number of benzene rings is 2. The molecule has 1 N–H and O–H groups in total. The van der Waals surface area contributed by atoms with Crippen LogP contribution in [0.25, 0.3) is 0 Å². The molecule has 0 unspecified atom stereocenters. The average molecular weight is 417 g/mol. The van der Waals surface area contributed by atoms with E-state index >= 15 is 0 Å². The first-order chi connectivity index (χ1) is 13.9. The van der Waals surface area contributed by atoms with Gasteiger partial charge in [-0.15, -0.1) is 0 Å². The highest BCUT2D eigenvalue weighted by Gasteiger charge is 2.28. The van der Waals surface area contributed by atoms with Crippen LogP contribution in [0.3, 0.4) is 0 Å². The first kappa shape index (κ1) is 21.5. The minimum Gasteiger partial charge on any atom is -0.395 e. The Morgan fingerprint density at radius 2 is 1.76 bits per heavy atom. The Labute approximate surface area is 172 Å². The molecule has 2 aromatic carbocycles. The van der Waals surface area contributed by atoms with Gasteiger partial charge in [-0.25, -0.2) is 8.42 Å². The molecule has 1 amide bonds. The largest absolute Gasteiger partial charge is 0.395 e. The fraction of sp³-hybridized carbons (Fsp3) is 0.409. The lowest BCUT2D eigenvalue weighted by atomic mass is 10.1. The number of nitrogens with zero attached hydrogens (tertiary/aromatic N) is 2. The smallest absolute Gasteiger partial charge is 0.254 e. The van der Waals surface area contributed by atoms with Gasteiger partial charge in [-0.1, -0.05) is 42.8 Å². The fourth-order valence-electron chi connectivity index (χ4n) is 3.59. The maximum absolute atomic E-state index is 13.2. The number of sulfonamides is 1. The van der Waals surface area contributed by atoms with Crippen molar-refractivity contribution in [1.29, 1.82) is 0 Å². The summed E-state index contributed by atoms with van der Waals surface area (Å²) in [5.74, 6) is -0.281. The third-order valence-corrected chi connectivity index (χ3v) is 7.16. The Balaban J connectivity index is 1.90. The zero-order valence-corrected chi connectivity index (χ0v) is 17.6. The van der Waals surface area contributed by atoms with Crippen molar-refractivity contribution in [3.05, 3.63) is 65.2 Å². The second kappa shape index (κ2) is 9.52. The summed E-state index contributed by atoms with van der Waals surface area (Å²) in [4.78, 5) is 14.9. The highest BCUT2D eigenvalue weighted by atomic mass is 32.2. The molecule has 156 valence electrons. The number of amides is 1. The van der Waals surface area contributed by atoms with Crippen LogP contribution in [0.5, 0.6) is 0 Å². The third kappa shape index (κ3) is 5.04. The zero-order chi connectivity index (χ0) is 20.9. The molecule has 1 aliphatic rings. The van der Waals surface area contributed by atoms with Crippen LogP contribution in [0.15, 0.2) is 53.4 Å². The maximum atomic E-state index is 13.2. The number of aliphatic hydroxyl groups is 1. The number of rotatable bonds is 7. The number of piperidine rings is 1. The van der Waals surface area contributed by atoms with Crippen LogP contribution in [-0.2, 0) is 16.6 Å². The molecule has 1 aliphatic heterocycles. The fourth-order valence-corrected chi connectivity index (χ4v) is 5.14. The summed E-state index contributed by atoms with van der Waals surface area (Å²) in [5.41, 5.74) is 2.01. The monoisotopic (exact) mass is 416 g/mol. The van der Waals surface area contributed by atoms with E-state index < -0.39 is 10.0 Å². The van der Waals surface area contributed by atoms with Gasteiger partial charge in [0.1, 0.15) is 0 Å². The van der Waals surface area contributed by atoms with Crippen LogP contribution in [0.1, 0.15) is 40.7 Å². The van der Waals surface area contributed by atoms with Gasteiger partial charge in [0.25, 0.3) is 5.91 Å². The van der Waals surface area contributed by atoms with E-state index in [0.29, 0.717) is 30.8 Å². The Morgan fingerprint density at radius 3 is 2.41 bits per heavy atom. The number of carbonyl (C=O) groups excluding carboxylic acids is 1. The summed E-state index contributed by atoms with van der Waals surface area (Å²) in [7, 11) is -3.62. The lowest BCUT2D eigenvalue weighted by Gasteiger charge is -2.27. The maximum Gasteiger partial charge on any atom is 0.254 e. The zero-order valence-electron chi connectivity index (χ0n) is 16.8. The number of aryl methyl sites for hydroxylation is 1. The van der Waals surface area contributed by atoms with Crippen molar-refractivity contribution in [2.24, 2.45) is 0 Å². The molecule has 1 fully saturated rings. The quantitative estimate of drug-likeness (QED) is 0.753. The Bertz CT molecular complexity index is 939.